The number of fused-ring (bicyclic) bond motifs is 1. The summed E-state index contributed by atoms with van der Waals surface area (Å²) in [7, 11) is -3.55. The molecule has 0 spiro atoms. The first kappa shape index (κ1) is 20.0. The molecule has 1 saturated heterocycles. The number of piperazine rings is 1. The lowest BCUT2D eigenvalue weighted by Crippen LogP contribution is -2.50. The van der Waals surface area contributed by atoms with Gasteiger partial charge in [-0.15, -0.1) is 11.3 Å². The molecule has 0 aliphatic carbocycles. The summed E-state index contributed by atoms with van der Waals surface area (Å²) in [6.07, 6.45) is 0. The highest BCUT2D eigenvalue weighted by Gasteiger charge is 2.23. The van der Waals surface area contributed by atoms with E-state index in [1.54, 1.807) is 12.1 Å². The highest BCUT2D eigenvalue weighted by atomic mass is 32.2. The van der Waals surface area contributed by atoms with Gasteiger partial charge in [0.15, 0.2) is 0 Å². The summed E-state index contributed by atoms with van der Waals surface area (Å²) in [5.74, 6) is 0.0802. The Morgan fingerprint density at radius 1 is 0.966 bits per heavy atom. The summed E-state index contributed by atoms with van der Waals surface area (Å²) >= 11 is 1.46. The highest BCUT2D eigenvalue weighted by molar-refractivity contribution is 7.89. The van der Waals surface area contributed by atoms with Crippen molar-refractivity contribution in [1.29, 1.82) is 0 Å². The van der Waals surface area contributed by atoms with E-state index in [4.69, 9.17) is 0 Å². The number of amides is 1. The average molecular weight is 430 g/mol. The molecular weight excluding hydrogens is 406 g/mol. The maximum Gasteiger partial charge on any atom is 0.264 e. The van der Waals surface area contributed by atoms with Crippen molar-refractivity contribution >= 4 is 38.0 Å². The molecule has 0 radical (unpaired) electrons. The third kappa shape index (κ3) is 4.67. The number of carbonyl (C=O) groups excluding carboxylic acids is 1. The summed E-state index contributed by atoms with van der Waals surface area (Å²) in [6.45, 7) is 3.77. The Kier molecular flexibility index (Phi) is 5.96. The van der Waals surface area contributed by atoms with E-state index in [0.29, 0.717) is 26.2 Å². The van der Waals surface area contributed by atoms with Crippen molar-refractivity contribution in [3.63, 3.8) is 0 Å². The highest BCUT2D eigenvalue weighted by Crippen LogP contribution is 2.19. The molecule has 0 unspecified atom stereocenters. The maximum absolute atomic E-state index is 12.6. The fourth-order valence-corrected chi connectivity index (χ4v) is 5.23. The molecule has 1 aromatic heterocycles. The van der Waals surface area contributed by atoms with Crippen LogP contribution >= 0.6 is 11.3 Å². The van der Waals surface area contributed by atoms with Crippen LogP contribution in [0.3, 0.4) is 0 Å². The topological polar surface area (TPSA) is 69.7 Å². The van der Waals surface area contributed by atoms with Crippen LogP contribution in [-0.4, -0.2) is 63.4 Å². The van der Waals surface area contributed by atoms with Gasteiger partial charge < -0.3 is 4.90 Å². The van der Waals surface area contributed by atoms with Crippen LogP contribution in [0.5, 0.6) is 0 Å². The number of hydrogen-bond donors (Lipinski definition) is 1. The molecule has 29 heavy (non-hydrogen) atoms. The molecule has 2 heterocycles. The number of sulfonamides is 1. The third-order valence-corrected chi connectivity index (χ3v) is 7.46. The van der Waals surface area contributed by atoms with Gasteiger partial charge >= 0.3 is 0 Å². The SMILES string of the molecule is O=C(c1cccs1)N1CCN(CCNS(=O)(=O)c2ccc3ccccc3c2)CC1. The van der Waals surface area contributed by atoms with Crippen molar-refractivity contribution in [2.75, 3.05) is 39.3 Å². The minimum absolute atomic E-state index is 0.0802. The van der Waals surface area contributed by atoms with Crippen molar-refractivity contribution in [3.8, 4) is 0 Å². The molecular formula is C21H23N3O3S2. The second-order valence-electron chi connectivity index (χ2n) is 7.02. The standard InChI is InChI=1S/C21H23N3O3S2/c25-21(20-6-3-15-28-20)24-13-11-23(12-14-24)10-9-22-29(26,27)19-8-7-17-4-1-2-5-18(17)16-19/h1-8,15-16,22H,9-14H2. The molecule has 2 aromatic carbocycles. The summed E-state index contributed by atoms with van der Waals surface area (Å²) < 4.78 is 27.9. The van der Waals surface area contributed by atoms with Crippen molar-refractivity contribution in [3.05, 3.63) is 64.9 Å². The first-order chi connectivity index (χ1) is 14.0. The second kappa shape index (κ2) is 8.62. The molecule has 3 aromatic rings. The number of nitrogens with zero attached hydrogens (tertiary/aromatic N) is 2. The van der Waals surface area contributed by atoms with Gasteiger partial charge in [0.1, 0.15) is 0 Å². The van der Waals surface area contributed by atoms with Gasteiger partial charge in [-0.25, -0.2) is 13.1 Å². The van der Waals surface area contributed by atoms with Crippen LogP contribution in [0.2, 0.25) is 0 Å². The number of nitrogens with one attached hydrogen (secondary N) is 1. The Labute approximate surface area is 174 Å². The molecule has 4 rings (SSSR count). The lowest BCUT2D eigenvalue weighted by atomic mass is 10.1. The zero-order valence-electron chi connectivity index (χ0n) is 16.0. The summed E-state index contributed by atoms with van der Waals surface area (Å²) in [5.41, 5.74) is 0. The Morgan fingerprint density at radius 3 is 2.45 bits per heavy atom. The molecule has 1 aliphatic rings. The quantitative estimate of drug-likeness (QED) is 0.654. The average Bonchev–Trinajstić information content (AvgIpc) is 3.28. The molecule has 1 fully saturated rings. The summed E-state index contributed by atoms with van der Waals surface area (Å²) in [6, 6.07) is 16.6. The van der Waals surface area contributed by atoms with Crippen LogP contribution in [0.25, 0.3) is 10.8 Å². The predicted molar refractivity (Wildman–Crippen MR) is 116 cm³/mol. The van der Waals surface area contributed by atoms with Gasteiger partial charge in [0, 0.05) is 39.3 Å². The van der Waals surface area contributed by atoms with Crippen LogP contribution in [0, 0.1) is 0 Å². The Bertz CT molecular complexity index is 1090. The van der Waals surface area contributed by atoms with Crippen molar-refractivity contribution in [2.45, 2.75) is 4.90 Å². The third-order valence-electron chi connectivity index (χ3n) is 5.14. The number of carbonyl (C=O) groups is 1. The van der Waals surface area contributed by atoms with Crippen LogP contribution in [-0.2, 0) is 10.0 Å². The molecule has 1 N–H and O–H groups in total. The van der Waals surface area contributed by atoms with Gasteiger partial charge in [-0.1, -0.05) is 36.4 Å². The fourth-order valence-electron chi connectivity index (χ4n) is 3.49. The summed E-state index contributed by atoms with van der Waals surface area (Å²) in [4.78, 5) is 17.5. The monoisotopic (exact) mass is 429 g/mol. The van der Waals surface area contributed by atoms with Gasteiger partial charge in [-0.05, 0) is 34.4 Å². The van der Waals surface area contributed by atoms with Gasteiger partial charge in [0.2, 0.25) is 10.0 Å². The minimum atomic E-state index is -3.55. The van der Waals surface area contributed by atoms with Crippen LogP contribution in [0.15, 0.2) is 64.9 Å². The molecule has 0 bridgehead atoms. The van der Waals surface area contributed by atoms with E-state index in [1.807, 2.05) is 52.7 Å². The molecule has 6 nitrogen and oxygen atoms in total. The second-order valence-corrected chi connectivity index (χ2v) is 9.73. The van der Waals surface area contributed by atoms with Crippen molar-refractivity contribution < 1.29 is 13.2 Å². The van der Waals surface area contributed by atoms with E-state index >= 15 is 0 Å². The van der Waals surface area contributed by atoms with Crippen LogP contribution in [0.4, 0.5) is 0 Å². The molecule has 8 heteroatoms. The van der Waals surface area contributed by atoms with E-state index in [9.17, 15) is 13.2 Å². The molecule has 152 valence electrons. The zero-order valence-corrected chi connectivity index (χ0v) is 17.6. The molecule has 1 amide bonds. The zero-order chi connectivity index (χ0) is 20.3. The van der Waals surface area contributed by atoms with E-state index in [-0.39, 0.29) is 10.8 Å². The van der Waals surface area contributed by atoms with Crippen molar-refractivity contribution in [2.24, 2.45) is 0 Å². The Balaban J connectivity index is 1.28. The lowest BCUT2D eigenvalue weighted by molar-refractivity contribution is 0.0645. The smallest absolute Gasteiger partial charge is 0.264 e. The van der Waals surface area contributed by atoms with Gasteiger partial charge in [0.25, 0.3) is 5.91 Å². The Morgan fingerprint density at radius 2 is 1.72 bits per heavy atom. The van der Waals surface area contributed by atoms with Crippen molar-refractivity contribution in [1.82, 2.24) is 14.5 Å². The number of rotatable bonds is 6. The molecule has 1 aliphatic heterocycles. The maximum atomic E-state index is 12.6. The normalized spacial score (nSPS) is 15.7. The molecule has 0 atom stereocenters. The largest absolute Gasteiger partial charge is 0.335 e. The van der Waals surface area contributed by atoms with Gasteiger partial charge in [0.05, 0.1) is 9.77 Å². The van der Waals surface area contributed by atoms with Crippen LogP contribution < -0.4 is 4.72 Å². The number of hydrogen-bond acceptors (Lipinski definition) is 5. The van der Waals surface area contributed by atoms with E-state index in [1.165, 1.54) is 11.3 Å². The van der Waals surface area contributed by atoms with E-state index in [2.05, 4.69) is 9.62 Å². The van der Waals surface area contributed by atoms with E-state index in [0.717, 1.165) is 28.7 Å². The summed E-state index contributed by atoms with van der Waals surface area (Å²) in [5, 5.41) is 3.83. The number of benzene rings is 2. The van der Waals surface area contributed by atoms with E-state index < -0.39 is 10.0 Å². The fraction of sp³-hybridized carbons (Fsp3) is 0.286. The van der Waals surface area contributed by atoms with Gasteiger partial charge in [-0.3, -0.25) is 9.69 Å². The first-order valence-electron chi connectivity index (χ1n) is 9.56. The minimum Gasteiger partial charge on any atom is -0.335 e. The van der Waals surface area contributed by atoms with Gasteiger partial charge in [-0.2, -0.15) is 0 Å². The van der Waals surface area contributed by atoms with Crippen LogP contribution in [0.1, 0.15) is 9.67 Å². The number of thiophene rings is 1. The Hall–Kier alpha value is -2.26. The molecule has 0 saturated carbocycles. The predicted octanol–water partition coefficient (Wildman–Crippen LogP) is 2.64. The lowest BCUT2D eigenvalue weighted by Gasteiger charge is -2.34. The first-order valence-corrected chi connectivity index (χ1v) is 11.9.